The smallest absolute Gasteiger partial charge is 0.412 e. The zero-order valence-corrected chi connectivity index (χ0v) is 12.8. The van der Waals surface area contributed by atoms with Crippen LogP contribution in [0.5, 0.6) is 11.5 Å². The Morgan fingerprint density at radius 2 is 2.12 bits per heavy atom. The molecule has 0 radical (unpaired) electrons. The number of aromatic nitrogens is 3. The summed E-state index contributed by atoms with van der Waals surface area (Å²) < 4.78 is 16.5. The third-order valence-electron chi connectivity index (χ3n) is 3.01. The first-order chi connectivity index (χ1) is 11.6. The van der Waals surface area contributed by atoms with Gasteiger partial charge in [-0.2, -0.15) is 0 Å². The molecule has 1 aliphatic heterocycles. The van der Waals surface area contributed by atoms with E-state index in [0.29, 0.717) is 17.2 Å². The maximum absolute atomic E-state index is 12.0. The van der Waals surface area contributed by atoms with Crippen LogP contribution < -0.4 is 20.1 Å². The molecular weight excluding hydrogens is 318 g/mol. The van der Waals surface area contributed by atoms with Gasteiger partial charge in [-0.25, -0.2) is 9.48 Å². The molecule has 1 aromatic carbocycles. The number of ether oxygens (including phenoxy) is 3. The van der Waals surface area contributed by atoms with E-state index in [1.54, 1.807) is 25.1 Å². The zero-order valence-electron chi connectivity index (χ0n) is 12.8. The highest BCUT2D eigenvalue weighted by molar-refractivity contribution is 5.91. The van der Waals surface area contributed by atoms with Crippen LogP contribution in [0.15, 0.2) is 24.4 Å². The fourth-order valence-electron chi connectivity index (χ4n) is 2.03. The molecule has 2 amide bonds. The minimum atomic E-state index is -0.630. The molecule has 10 heteroatoms. The standard InChI is InChI=1S/C14H15N5O5/c1-2-22-14(21)16-12-6-19(18-17-12)7-13(20)15-9-3-4-10-11(5-9)24-8-23-10/h3-6H,2,7-8H2,1H3,(H,15,20)(H,16,21). The van der Waals surface area contributed by atoms with Gasteiger partial charge in [0.05, 0.1) is 12.8 Å². The molecule has 0 saturated carbocycles. The fraction of sp³-hybridized carbons (Fsp3) is 0.286. The molecule has 126 valence electrons. The third kappa shape index (κ3) is 3.72. The summed E-state index contributed by atoms with van der Waals surface area (Å²) in [7, 11) is 0. The highest BCUT2D eigenvalue weighted by Gasteiger charge is 2.14. The number of benzene rings is 1. The van der Waals surface area contributed by atoms with Crippen molar-refractivity contribution in [3.63, 3.8) is 0 Å². The average molecular weight is 333 g/mol. The summed E-state index contributed by atoms with van der Waals surface area (Å²) in [6.45, 7) is 2.04. The van der Waals surface area contributed by atoms with Crippen molar-refractivity contribution in [1.29, 1.82) is 0 Å². The molecule has 2 heterocycles. The number of nitrogens with zero attached hydrogens (tertiary/aromatic N) is 3. The lowest BCUT2D eigenvalue weighted by atomic mass is 10.3. The summed E-state index contributed by atoms with van der Waals surface area (Å²) in [4.78, 5) is 23.3. The van der Waals surface area contributed by atoms with Crippen LogP contribution in [-0.4, -0.2) is 40.4 Å². The van der Waals surface area contributed by atoms with Crippen LogP contribution in [-0.2, 0) is 16.1 Å². The van der Waals surface area contributed by atoms with E-state index in [9.17, 15) is 9.59 Å². The molecular formula is C14H15N5O5. The van der Waals surface area contributed by atoms with E-state index in [0.717, 1.165) is 0 Å². The summed E-state index contributed by atoms with van der Waals surface area (Å²) in [5.41, 5.74) is 0.578. The van der Waals surface area contributed by atoms with Gasteiger partial charge in [-0.05, 0) is 19.1 Å². The van der Waals surface area contributed by atoms with Gasteiger partial charge >= 0.3 is 6.09 Å². The minimum absolute atomic E-state index is 0.0635. The van der Waals surface area contributed by atoms with Crippen LogP contribution in [0.2, 0.25) is 0 Å². The molecule has 0 saturated heterocycles. The van der Waals surface area contributed by atoms with E-state index in [-0.39, 0.29) is 31.7 Å². The molecule has 2 aromatic rings. The Bertz CT molecular complexity index is 760. The largest absolute Gasteiger partial charge is 0.454 e. The van der Waals surface area contributed by atoms with Gasteiger partial charge in [0.25, 0.3) is 0 Å². The lowest BCUT2D eigenvalue weighted by molar-refractivity contribution is -0.116. The topological polar surface area (TPSA) is 117 Å². The van der Waals surface area contributed by atoms with Crippen molar-refractivity contribution in [3.05, 3.63) is 24.4 Å². The summed E-state index contributed by atoms with van der Waals surface area (Å²) in [6, 6.07) is 5.10. The molecule has 10 nitrogen and oxygen atoms in total. The van der Waals surface area contributed by atoms with E-state index in [1.165, 1.54) is 10.9 Å². The third-order valence-corrected chi connectivity index (χ3v) is 3.01. The molecule has 0 atom stereocenters. The van der Waals surface area contributed by atoms with E-state index >= 15 is 0 Å². The van der Waals surface area contributed by atoms with Gasteiger partial charge in [-0.1, -0.05) is 5.21 Å². The Morgan fingerprint density at radius 3 is 2.96 bits per heavy atom. The average Bonchev–Trinajstić information content (AvgIpc) is 3.16. The Kier molecular flexibility index (Phi) is 4.45. The zero-order chi connectivity index (χ0) is 16.9. The van der Waals surface area contributed by atoms with Crippen molar-refractivity contribution >= 4 is 23.5 Å². The number of fused-ring (bicyclic) bond motifs is 1. The normalized spacial score (nSPS) is 11.9. The Balaban J connectivity index is 1.55. The molecule has 0 fully saturated rings. The number of anilines is 2. The van der Waals surface area contributed by atoms with Crippen molar-refractivity contribution in [1.82, 2.24) is 15.0 Å². The van der Waals surface area contributed by atoms with E-state index in [2.05, 4.69) is 20.9 Å². The maximum atomic E-state index is 12.0. The first-order valence-corrected chi connectivity index (χ1v) is 7.17. The van der Waals surface area contributed by atoms with Crippen molar-refractivity contribution < 1.29 is 23.8 Å². The maximum Gasteiger partial charge on any atom is 0.412 e. The highest BCUT2D eigenvalue weighted by Crippen LogP contribution is 2.34. The van der Waals surface area contributed by atoms with Crippen LogP contribution >= 0.6 is 0 Å². The molecule has 0 unspecified atom stereocenters. The number of rotatable bonds is 5. The van der Waals surface area contributed by atoms with Crippen LogP contribution in [0.3, 0.4) is 0 Å². The molecule has 24 heavy (non-hydrogen) atoms. The van der Waals surface area contributed by atoms with Crippen LogP contribution in [0, 0.1) is 0 Å². The first kappa shape index (κ1) is 15.6. The van der Waals surface area contributed by atoms with Gasteiger partial charge in [0.1, 0.15) is 6.54 Å². The quantitative estimate of drug-likeness (QED) is 0.844. The second-order valence-electron chi connectivity index (χ2n) is 4.76. The van der Waals surface area contributed by atoms with Gasteiger partial charge in [-0.15, -0.1) is 5.10 Å². The molecule has 1 aliphatic rings. The lowest BCUT2D eigenvalue weighted by Crippen LogP contribution is -2.19. The number of carbonyl (C=O) groups excluding carboxylic acids is 2. The van der Waals surface area contributed by atoms with E-state index < -0.39 is 6.09 Å². The minimum Gasteiger partial charge on any atom is -0.454 e. The first-order valence-electron chi connectivity index (χ1n) is 7.17. The van der Waals surface area contributed by atoms with E-state index in [1.807, 2.05) is 0 Å². The molecule has 2 N–H and O–H groups in total. The Morgan fingerprint density at radius 1 is 1.29 bits per heavy atom. The van der Waals surface area contributed by atoms with Crippen molar-refractivity contribution in [2.24, 2.45) is 0 Å². The number of nitrogens with one attached hydrogen (secondary N) is 2. The summed E-state index contributed by atoms with van der Waals surface area (Å²) in [5, 5.41) is 12.6. The Hall–Kier alpha value is -3.30. The van der Waals surface area contributed by atoms with Crippen molar-refractivity contribution in [2.75, 3.05) is 24.0 Å². The van der Waals surface area contributed by atoms with Gasteiger partial charge in [-0.3, -0.25) is 10.1 Å². The number of carbonyl (C=O) groups is 2. The van der Waals surface area contributed by atoms with Gasteiger partial charge < -0.3 is 19.5 Å². The second kappa shape index (κ2) is 6.86. The molecule has 0 aliphatic carbocycles. The van der Waals surface area contributed by atoms with Crippen molar-refractivity contribution in [2.45, 2.75) is 13.5 Å². The van der Waals surface area contributed by atoms with Crippen LogP contribution in [0.25, 0.3) is 0 Å². The molecule has 1 aromatic heterocycles. The highest BCUT2D eigenvalue weighted by atomic mass is 16.7. The number of hydrogen-bond donors (Lipinski definition) is 2. The Labute approximate surface area is 136 Å². The second-order valence-corrected chi connectivity index (χ2v) is 4.76. The molecule has 0 bridgehead atoms. The predicted molar refractivity (Wildman–Crippen MR) is 81.9 cm³/mol. The van der Waals surface area contributed by atoms with Crippen LogP contribution in [0.4, 0.5) is 16.3 Å². The summed E-state index contributed by atoms with van der Waals surface area (Å²) in [6.07, 6.45) is 0.797. The molecule has 0 spiro atoms. The lowest BCUT2D eigenvalue weighted by Gasteiger charge is -2.05. The predicted octanol–water partition coefficient (Wildman–Crippen LogP) is 1.21. The SMILES string of the molecule is CCOC(=O)Nc1cn(CC(=O)Nc2ccc3c(c2)OCO3)nn1. The summed E-state index contributed by atoms with van der Waals surface area (Å²) >= 11 is 0. The van der Waals surface area contributed by atoms with Gasteiger partial charge in [0.2, 0.25) is 12.7 Å². The fourth-order valence-corrected chi connectivity index (χ4v) is 2.03. The summed E-state index contributed by atoms with van der Waals surface area (Å²) in [5.74, 6) is 1.11. The van der Waals surface area contributed by atoms with Gasteiger partial charge in [0, 0.05) is 11.8 Å². The number of amides is 2. The number of hydrogen-bond acceptors (Lipinski definition) is 7. The van der Waals surface area contributed by atoms with Gasteiger partial charge in [0.15, 0.2) is 17.3 Å². The molecule has 3 rings (SSSR count). The van der Waals surface area contributed by atoms with E-state index in [4.69, 9.17) is 14.2 Å². The van der Waals surface area contributed by atoms with Crippen molar-refractivity contribution in [3.8, 4) is 11.5 Å². The monoisotopic (exact) mass is 333 g/mol. The van der Waals surface area contributed by atoms with Crippen LogP contribution in [0.1, 0.15) is 6.92 Å².